The van der Waals surface area contributed by atoms with Crippen molar-refractivity contribution in [3.63, 3.8) is 0 Å². The maximum Gasteiger partial charge on any atom is 0.408 e. The van der Waals surface area contributed by atoms with Gasteiger partial charge in [0.15, 0.2) is 0 Å². The van der Waals surface area contributed by atoms with E-state index in [1.165, 1.54) is 0 Å². The number of carbonyl (C=O) groups excluding carboxylic acids is 2. The molecule has 4 aromatic carbocycles. The van der Waals surface area contributed by atoms with Crippen molar-refractivity contribution in [2.45, 2.75) is 38.1 Å². The maximum absolute atomic E-state index is 11.7. The van der Waals surface area contributed by atoms with Crippen LogP contribution >= 0.6 is 0 Å². The van der Waals surface area contributed by atoms with Crippen molar-refractivity contribution in [3.05, 3.63) is 144 Å². The molecule has 44 heavy (non-hydrogen) atoms. The summed E-state index contributed by atoms with van der Waals surface area (Å²) in [5, 5.41) is 23.1. The van der Waals surface area contributed by atoms with E-state index in [1.54, 1.807) is 0 Å². The van der Waals surface area contributed by atoms with Crippen molar-refractivity contribution in [2.24, 2.45) is 0 Å². The van der Waals surface area contributed by atoms with E-state index in [2.05, 4.69) is 10.6 Å². The highest BCUT2D eigenvalue weighted by Crippen LogP contribution is 2.07. The first-order valence-electron chi connectivity index (χ1n) is 13.8. The van der Waals surface area contributed by atoms with Crippen LogP contribution in [-0.2, 0) is 45.1 Å². The molecule has 0 aliphatic heterocycles. The highest BCUT2D eigenvalue weighted by atomic mass is 16.6. The van der Waals surface area contributed by atoms with Gasteiger partial charge in [0.25, 0.3) is 0 Å². The minimum Gasteiger partial charge on any atom is -0.480 e. The van der Waals surface area contributed by atoms with Gasteiger partial charge in [0.2, 0.25) is 0 Å². The molecule has 0 fully saturated rings. The molecule has 0 unspecified atom stereocenters. The Hall–Kier alpha value is -5.64. The lowest BCUT2D eigenvalue weighted by Crippen LogP contribution is -2.42. The molecule has 10 nitrogen and oxygen atoms in total. The Morgan fingerprint density at radius 3 is 1.02 bits per heavy atom. The number of rotatable bonds is 12. The monoisotopic (exact) mass is 598 g/mol. The van der Waals surface area contributed by atoms with Crippen LogP contribution in [0.3, 0.4) is 0 Å². The Bertz CT molecular complexity index is 1340. The van der Waals surface area contributed by atoms with E-state index in [0.717, 1.165) is 22.3 Å². The Morgan fingerprint density at radius 1 is 0.477 bits per heavy atom. The fraction of sp³-hybridized carbons (Fsp3) is 0.176. The molecule has 10 heteroatoms. The van der Waals surface area contributed by atoms with E-state index in [4.69, 9.17) is 9.47 Å². The number of hydrogen-bond donors (Lipinski definition) is 4. The van der Waals surface area contributed by atoms with Crippen molar-refractivity contribution in [1.29, 1.82) is 0 Å². The van der Waals surface area contributed by atoms with Gasteiger partial charge in [0.1, 0.15) is 25.3 Å². The van der Waals surface area contributed by atoms with Gasteiger partial charge in [-0.15, -0.1) is 0 Å². The van der Waals surface area contributed by atoms with Crippen LogP contribution in [0.15, 0.2) is 121 Å². The molecule has 2 amide bonds. The quantitative estimate of drug-likeness (QED) is 0.173. The normalized spacial score (nSPS) is 11.5. The number of amides is 2. The minimum atomic E-state index is -1.10. The number of carboxylic acid groups (broad SMARTS) is 2. The van der Waals surface area contributed by atoms with Gasteiger partial charge >= 0.3 is 24.1 Å². The van der Waals surface area contributed by atoms with Gasteiger partial charge in [0, 0.05) is 12.8 Å². The molecule has 2 atom stereocenters. The van der Waals surface area contributed by atoms with Gasteiger partial charge in [-0.1, -0.05) is 121 Å². The van der Waals surface area contributed by atoms with Crippen LogP contribution in [0.1, 0.15) is 22.3 Å². The van der Waals surface area contributed by atoms with Gasteiger partial charge in [-0.2, -0.15) is 0 Å². The number of carboxylic acids is 2. The molecule has 0 aromatic heterocycles. The highest BCUT2D eigenvalue weighted by Gasteiger charge is 2.22. The topological polar surface area (TPSA) is 151 Å². The summed E-state index contributed by atoms with van der Waals surface area (Å²) in [5.41, 5.74) is 3.34. The third kappa shape index (κ3) is 12.5. The van der Waals surface area contributed by atoms with Gasteiger partial charge in [-0.3, -0.25) is 0 Å². The summed E-state index contributed by atoms with van der Waals surface area (Å²) in [6, 6.07) is 34.6. The Labute approximate surface area is 255 Å². The summed E-state index contributed by atoms with van der Waals surface area (Å²) in [5.74, 6) is -2.19. The van der Waals surface area contributed by atoms with Crippen molar-refractivity contribution >= 4 is 24.1 Å². The minimum absolute atomic E-state index is 0.102. The fourth-order valence-electron chi connectivity index (χ4n) is 3.91. The van der Waals surface area contributed by atoms with E-state index < -0.39 is 36.2 Å². The zero-order valence-electron chi connectivity index (χ0n) is 23.9. The van der Waals surface area contributed by atoms with Crippen molar-refractivity contribution in [2.75, 3.05) is 0 Å². The molecule has 0 aliphatic carbocycles. The summed E-state index contributed by atoms with van der Waals surface area (Å²) >= 11 is 0. The zero-order valence-corrected chi connectivity index (χ0v) is 23.9. The number of carbonyl (C=O) groups is 4. The molecule has 228 valence electrons. The van der Waals surface area contributed by atoms with Crippen LogP contribution in [0.2, 0.25) is 0 Å². The molecule has 0 spiro atoms. The summed E-state index contributed by atoms with van der Waals surface area (Å²) in [6.07, 6.45) is -1.08. The molecule has 0 bridgehead atoms. The third-order valence-electron chi connectivity index (χ3n) is 6.17. The zero-order chi connectivity index (χ0) is 31.6. The third-order valence-corrected chi connectivity index (χ3v) is 6.17. The number of hydrogen-bond acceptors (Lipinski definition) is 6. The van der Waals surface area contributed by atoms with E-state index in [9.17, 15) is 29.4 Å². The van der Waals surface area contributed by atoms with Crippen LogP contribution < -0.4 is 10.6 Å². The number of ether oxygens (including phenoxy) is 2. The first-order valence-corrected chi connectivity index (χ1v) is 13.8. The maximum atomic E-state index is 11.7. The smallest absolute Gasteiger partial charge is 0.408 e. The summed E-state index contributed by atoms with van der Waals surface area (Å²) in [6.45, 7) is 0.203. The van der Waals surface area contributed by atoms with Crippen LogP contribution in [0, 0.1) is 0 Å². The molecule has 4 N–H and O–H groups in total. The summed E-state index contributed by atoms with van der Waals surface area (Å²) < 4.78 is 10.1. The number of benzene rings is 4. The number of nitrogens with one attached hydrogen (secondary N) is 2. The second-order valence-corrected chi connectivity index (χ2v) is 9.57. The first kappa shape index (κ1) is 32.9. The highest BCUT2D eigenvalue weighted by molar-refractivity contribution is 5.80. The van der Waals surface area contributed by atoms with Gasteiger partial charge in [-0.05, 0) is 22.3 Å². The number of alkyl carbamates (subject to hydrolysis) is 2. The van der Waals surface area contributed by atoms with Crippen molar-refractivity contribution in [1.82, 2.24) is 10.6 Å². The Kier molecular flexibility index (Phi) is 13.5. The standard InChI is InChI=1S/2C17H17NO4/c2*19-16(20)15(11-13-7-3-1-4-8-13)18-17(21)22-12-14-9-5-2-6-10-14/h2*1-10,15H,11-12H2,(H,18,21)(H,19,20)/t2*15-/m11/s1. The second-order valence-electron chi connectivity index (χ2n) is 9.57. The molecule has 0 aliphatic rings. The number of aliphatic carboxylic acids is 2. The van der Waals surface area contributed by atoms with Crippen LogP contribution in [0.5, 0.6) is 0 Å². The molecule has 4 rings (SSSR count). The lowest BCUT2D eigenvalue weighted by Gasteiger charge is -2.14. The molecule has 0 radical (unpaired) electrons. The van der Waals surface area contributed by atoms with Gasteiger partial charge < -0.3 is 30.3 Å². The van der Waals surface area contributed by atoms with E-state index in [1.807, 2.05) is 121 Å². The predicted molar refractivity (Wildman–Crippen MR) is 163 cm³/mol. The summed E-state index contributed by atoms with van der Waals surface area (Å²) in [4.78, 5) is 45.9. The van der Waals surface area contributed by atoms with Gasteiger partial charge in [0.05, 0.1) is 0 Å². The van der Waals surface area contributed by atoms with E-state index >= 15 is 0 Å². The molecule has 0 saturated carbocycles. The van der Waals surface area contributed by atoms with Crippen LogP contribution in [0.25, 0.3) is 0 Å². The molecular weight excluding hydrogens is 564 g/mol. The molecular formula is C34H34N2O8. The molecule has 0 heterocycles. The molecule has 4 aromatic rings. The Balaban J connectivity index is 0.000000240. The van der Waals surface area contributed by atoms with Crippen LogP contribution in [-0.4, -0.2) is 46.4 Å². The molecule has 0 saturated heterocycles. The van der Waals surface area contributed by atoms with E-state index in [0.29, 0.717) is 0 Å². The van der Waals surface area contributed by atoms with Crippen molar-refractivity contribution in [3.8, 4) is 0 Å². The Morgan fingerprint density at radius 2 is 0.750 bits per heavy atom. The average molecular weight is 599 g/mol. The summed E-state index contributed by atoms with van der Waals surface area (Å²) in [7, 11) is 0. The predicted octanol–water partition coefficient (Wildman–Crippen LogP) is 5.22. The first-order chi connectivity index (χ1) is 21.3. The van der Waals surface area contributed by atoms with Crippen molar-refractivity contribution < 1.29 is 38.9 Å². The van der Waals surface area contributed by atoms with Gasteiger partial charge in [-0.25, -0.2) is 19.2 Å². The SMILES string of the molecule is O=C(N[C@H](Cc1ccccc1)C(=O)O)OCc1ccccc1.O=C(N[C@H](Cc1ccccc1)C(=O)O)OCc1ccccc1. The second kappa shape index (κ2) is 18.0. The fourth-order valence-corrected chi connectivity index (χ4v) is 3.91. The largest absolute Gasteiger partial charge is 0.480 e. The lowest BCUT2D eigenvalue weighted by molar-refractivity contribution is -0.140. The van der Waals surface area contributed by atoms with Crippen LogP contribution in [0.4, 0.5) is 9.59 Å². The average Bonchev–Trinajstić information content (AvgIpc) is 3.04. The lowest BCUT2D eigenvalue weighted by atomic mass is 10.1. The van der Waals surface area contributed by atoms with E-state index in [-0.39, 0.29) is 26.1 Å².